The van der Waals surface area contributed by atoms with Crippen molar-refractivity contribution >= 4 is 37.2 Å². The van der Waals surface area contributed by atoms with Gasteiger partial charge in [-0.25, -0.2) is 9.18 Å². The van der Waals surface area contributed by atoms with Crippen molar-refractivity contribution in [3.63, 3.8) is 0 Å². The molecule has 0 bridgehead atoms. The first-order valence-electron chi connectivity index (χ1n) is 11.3. The molecule has 0 saturated carbocycles. The minimum absolute atomic E-state index is 0.0744. The first-order valence-corrected chi connectivity index (χ1v) is 13.4. The summed E-state index contributed by atoms with van der Waals surface area (Å²) in [4.78, 5) is 54.1. The molecule has 37 heavy (non-hydrogen) atoms. The summed E-state index contributed by atoms with van der Waals surface area (Å²) in [6, 6.07) is 10.0. The average molecular weight is 560 g/mol. The van der Waals surface area contributed by atoms with Crippen LogP contribution in [0.3, 0.4) is 0 Å². The molecule has 0 aliphatic heterocycles. The molecular formula is C24H28ClFNO9P. The molecule has 0 aromatic heterocycles. The summed E-state index contributed by atoms with van der Waals surface area (Å²) in [5, 5.41) is 2.95. The van der Waals surface area contributed by atoms with Crippen LogP contribution in [0, 0.1) is 5.82 Å². The van der Waals surface area contributed by atoms with Gasteiger partial charge in [0.15, 0.2) is 0 Å². The lowest BCUT2D eigenvalue weighted by molar-refractivity contribution is -0.168. The summed E-state index contributed by atoms with van der Waals surface area (Å²) >= 11 is 5.96. The number of carbonyl (C=O) groups excluding carboxylic acids is 3. The van der Waals surface area contributed by atoms with Gasteiger partial charge in [0.05, 0.1) is 19.2 Å². The Bertz CT molecular complexity index is 1140. The minimum atomic E-state index is -4.39. The van der Waals surface area contributed by atoms with Crippen LogP contribution in [0.25, 0.3) is 11.1 Å². The molecule has 0 fully saturated rings. The van der Waals surface area contributed by atoms with E-state index in [1.54, 1.807) is 31.2 Å². The molecule has 10 nitrogen and oxygen atoms in total. The highest BCUT2D eigenvalue weighted by atomic mass is 35.5. The number of nitrogens with one attached hydrogen (secondary N) is 1. The normalized spacial score (nSPS) is 12.8. The maximum absolute atomic E-state index is 14.2. The first-order chi connectivity index (χ1) is 17.4. The van der Waals surface area contributed by atoms with Crippen LogP contribution in [0.1, 0.15) is 32.3 Å². The van der Waals surface area contributed by atoms with Crippen LogP contribution < -0.4 is 5.32 Å². The Hall–Kier alpha value is -2.98. The van der Waals surface area contributed by atoms with E-state index in [4.69, 9.17) is 30.9 Å². The van der Waals surface area contributed by atoms with Crippen molar-refractivity contribution < 1.29 is 47.3 Å². The van der Waals surface area contributed by atoms with E-state index in [1.165, 1.54) is 25.1 Å². The lowest BCUT2D eigenvalue weighted by Gasteiger charge is -2.20. The van der Waals surface area contributed by atoms with Crippen molar-refractivity contribution in [2.75, 3.05) is 12.8 Å². The standard InChI is InChI=1S/C24H28ClFNO9P/c1-3-34-24(30)36-15(2)35-23(29)14-19(27-22(28)10-11-37(31,32)33)12-16-4-6-17(7-5-16)20-13-18(25)8-9-21(20)26/h4-9,13,15,19H,3,10-12,14H2,1-2H3,(H,27,28)(H2,31,32,33). The van der Waals surface area contributed by atoms with Crippen molar-refractivity contribution in [2.45, 2.75) is 45.4 Å². The summed E-state index contributed by atoms with van der Waals surface area (Å²) < 4.78 is 39.7. The number of carbonyl (C=O) groups is 3. The Morgan fingerprint density at radius 3 is 2.41 bits per heavy atom. The highest BCUT2D eigenvalue weighted by molar-refractivity contribution is 7.51. The fraction of sp³-hybridized carbons (Fsp3) is 0.375. The van der Waals surface area contributed by atoms with E-state index >= 15 is 0 Å². The molecule has 0 saturated heterocycles. The molecule has 202 valence electrons. The second kappa shape index (κ2) is 14.1. The van der Waals surface area contributed by atoms with Gasteiger partial charge in [-0.3, -0.25) is 14.2 Å². The zero-order chi connectivity index (χ0) is 27.6. The zero-order valence-electron chi connectivity index (χ0n) is 20.2. The second-order valence-electron chi connectivity index (χ2n) is 7.99. The predicted molar refractivity (Wildman–Crippen MR) is 132 cm³/mol. The van der Waals surface area contributed by atoms with Crippen LogP contribution in [-0.4, -0.2) is 52.9 Å². The highest BCUT2D eigenvalue weighted by Gasteiger charge is 2.23. The Morgan fingerprint density at radius 1 is 1.11 bits per heavy atom. The summed E-state index contributed by atoms with van der Waals surface area (Å²) in [6.07, 6.45) is -3.55. The Balaban J connectivity index is 2.11. The number of ether oxygens (including phenoxy) is 3. The molecule has 2 aromatic rings. The third-order valence-electron chi connectivity index (χ3n) is 4.91. The van der Waals surface area contributed by atoms with E-state index in [-0.39, 0.29) is 19.4 Å². The van der Waals surface area contributed by atoms with Gasteiger partial charge in [0.2, 0.25) is 12.2 Å². The Labute approximate surface area is 218 Å². The number of rotatable bonds is 12. The maximum Gasteiger partial charge on any atom is 0.511 e. The molecule has 2 atom stereocenters. The summed E-state index contributed by atoms with van der Waals surface area (Å²) in [7, 11) is -4.39. The number of hydrogen-bond donors (Lipinski definition) is 3. The molecule has 2 rings (SSSR count). The van der Waals surface area contributed by atoms with E-state index < -0.39 is 56.4 Å². The van der Waals surface area contributed by atoms with Crippen molar-refractivity contribution in [3.05, 3.63) is 58.9 Å². The van der Waals surface area contributed by atoms with Crippen molar-refractivity contribution in [1.82, 2.24) is 5.32 Å². The molecule has 2 unspecified atom stereocenters. The second-order valence-corrected chi connectivity index (χ2v) is 10.2. The van der Waals surface area contributed by atoms with Crippen LogP contribution in [-0.2, 0) is 34.8 Å². The number of halogens is 2. The number of benzene rings is 2. The van der Waals surface area contributed by atoms with Gasteiger partial charge in [0.1, 0.15) is 5.82 Å². The van der Waals surface area contributed by atoms with E-state index in [0.717, 1.165) is 0 Å². The minimum Gasteiger partial charge on any atom is -0.435 e. The van der Waals surface area contributed by atoms with Crippen LogP contribution in [0.15, 0.2) is 42.5 Å². The van der Waals surface area contributed by atoms with Crippen molar-refractivity contribution in [1.29, 1.82) is 0 Å². The fourth-order valence-electron chi connectivity index (χ4n) is 3.29. The van der Waals surface area contributed by atoms with Crippen LogP contribution in [0.2, 0.25) is 5.02 Å². The SMILES string of the molecule is CCOC(=O)OC(C)OC(=O)CC(Cc1ccc(-c2cc(Cl)ccc2F)cc1)NC(=O)CCP(=O)(O)O. The van der Waals surface area contributed by atoms with Gasteiger partial charge in [-0.2, -0.15) is 0 Å². The molecule has 2 aromatic carbocycles. The van der Waals surface area contributed by atoms with Crippen LogP contribution in [0.4, 0.5) is 9.18 Å². The lowest BCUT2D eigenvalue weighted by atomic mass is 9.99. The molecule has 1 amide bonds. The quantitative estimate of drug-likeness (QED) is 0.198. The van der Waals surface area contributed by atoms with Gasteiger partial charge in [0, 0.05) is 30.0 Å². The molecule has 0 spiro atoms. The van der Waals surface area contributed by atoms with Crippen molar-refractivity contribution in [2.24, 2.45) is 0 Å². The number of hydrogen-bond acceptors (Lipinski definition) is 7. The van der Waals surface area contributed by atoms with Gasteiger partial charge in [-0.05, 0) is 42.7 Å². The Morgan fingerprint density at radius 2 is 1.78 bits per heavy atom. The molecular weight excluding hydrogens is 532 g/mol. The van der Waals surface area contributed by atoms with Gasteiger partial charge < -0.3 is 29.3 Å². The van der Waals surface area contributed by atoms with Gasteiger partial charge >= 0.3 is 19.7 Å². The summed E-state index contributed by atoms with van der Waals surface area (Å²) in [6.45, 7) is 2.97. The topological polar surface area (TPSA) is 148 Å². The largest absolute Gasteiger partial charge is 0.511 e. The van der Waals surface area contributed by atoms with E-state index in [9.17, 15) is 23.3 Å². The van der Waals surface area contributed by atoms with E-state index in [2.05, 4.69) is 10.1 Å². The molecule has 0 heterocycles. The number of esters is 1. The van der Waals surface area contributed by atoms with Gasteiger partial charge in [-0.1, -0.05) is 35.9 Å². The lowest BCUT2D eigenvalue weighted by Crippen LogP contribution is -2.39. The highest BCUT2D eigenvalue weighted by Crippen LogP contribution is 2.34. The number of amides is 1. The zero-order valence-corrected chi connectivity index (χ0v) is 21.8. The molecule has 13 heteroatoms. The molecule has 0 aliphatic rings. The van der Waals surface area contributed by atoms with Crippen LogP contribution in [0.5, 0.6) is 0 Å². The fourth-order valence-corrected chi connectivity index (χ4v) is 3.96. The van der Waals surface area contributed by atoms with Crippen LogP contribution >= 0.6 is 19.2 Å². The van der Waals surface area contributed by atoms with E-state index in [1.807, 2.05) is 0 Å². The smallest absolute Gasteiger partial charge is 0.435 e. The average Bonchev–Trinajstić information content (AvgIpc) is 2.79. The third-order valence-corrected chi connectivity index (χ3v) is 5.95. The molecule has 0 radical (unpaired) electrons. The Kier molecular flexibility index (Phi) is 11.5. The first kappa shape index (κ1) is 30.2. The summed E-state index contributed by atoms with van der Waals surface area (Å²) in [5.41, 5.74) is 1.55. The van der Waals surface area contributed by atoms with Gasteiger partial charge in [0.25, 0.3) is 0 Å². The predicted octanol–water partition coefficient (Wildman–Crippen LogP) is 4.19. The van der Waals surface area contributed by atoms with E-state index in [0.29, 0.717) is 21.7 Å². The van der Waals surface area contributed by atoms with Crippen molar-refractivity contribution in [3.8, 4) is 11.1 Å². The summed E-state index contributed by atoms with van der Waals surface area (Å²) in [5.74, 6) is -1.92. The maximum atomic E-state index is 14.2. The molecule has 0 aliphatic carbocycles. The monoisotopic (exact) mass is 559 g/mol. The third kappa shape index (κ3) is 11.3. The van der Waals surface area contributed by atoms with Gasteiger partial charge in [-0.15, -0.1) is 0 Å². The molecule has 3 N–H and O–H groups in total.